The van der Waals surface area contributed by atoms with Gasteiger partial charge in [-0.25, -0.2) is 0 Å². The van der Waals surface area contributed by atoms with E-state index in [1.165, 1.54) is 25.1 Å². The molecule has 1 aromatic rings. The monoisotopic (exact) mass is 371 g/mol. The lowest BCUT2D eigenvalue weighted by Gasteiger charge is -2.41. The van der Waals surface area contributed by atoms with Gasteiger partial charge in [0.1, 0.15) is 0 Å². The first-order chi connectivity index (χ1) is 12.8. The normalized spacial score (nSPS) is 22.3. The summed E-state index contributed by atoms with van der Waals surface area (Å²) in [6, 6.07) is 11.4. The minimum Gasteiger partial charge on any atom is -0.370 e. The molecule has 1 amide bonds. The first-order valence-corrected chi connectivity index (χ1v) is 10.6. The summed E-state index contributed by atoms with van der Waals surface area (Å²) >= 11 is 0. The van der Waals surface area contributed by atoms with E-state index in [9.17, 15) is 4.79 Å². The molecule has 27 heavy (non-hydrogen) atoms. The average molecular weight is 372 g/mol. The molecule has 0 aliphatic carbocycles. The zero-order chi connectivity index (χ0) is 19.4. The van der Waals surface area contributed by atoms with Crippen LogP contribution in [0, 0.1) is 11.3 Å². The molecule has 0 radical (unpaired) electrons. The Morgan fingerprint density at radius 2 is 1.74 bits per heavy atom. The molecule has 2 aliphatic heterocycles. The van der Waals surface area contributed by atoms with Crippen molar-refractivity contribution in [2.75, 3.05) is 44.7 Å². The van der Waals surface area contributed by atoms with Crippen LogP contribution >= 0.6 is 0 Å². The second-order valence-corrected chi connectivity index (χ2v) is 9.50. The maximum absolute atomic E-state index is 12.5. The van der Waals surface area contributed by atoms with Gasteiger partial charge in [0.05, 0.1) is 0 Å². The fourth-order valence-corrected chi connectivity index (χ4v) is 4.54. The Hall–Kier alpha value is -1.55. The second-order valence-electron chi connectivity index (χ2n) is 9.50. The number of rotatable bonds is 4. The second kappa shape index (κ2) is 8.64. The van der Waals surface area contributed by atoms with E-state index >= 15 is 0 Å². The van der Waals surface area contributed by atoms with Crippen LogP contribution in [0.15, 0.2) is 30.3 Å². The van der Waals surface area contributed by atoms with E-state index in [1.54, 1.807) is 0 Å². The number of nitrogens with zero attached hydrogens (tertiary/aromatic N) is 3. The summed E-state index contributed by atoms with van der Waals surface area (Å²) in [5.74, 6) is 1.02. The number of benzene rings is 1. The van der Waals surface area contributed by atoms with Gasteiger partial charge in [-0.15, -0.1) is 0 Å². The molecule has 0 saturated carbocycles. The highest BCUT2D eigenvalue weighted by Gasteiger charge is 2.31. The van der Waals surface area contributed by atoms with E-state index in [2.05, 4.69) is 52.1 Å². The van der Waals surface area contributed by atoms with Crippen LogP contribution in [-0.2, 0) is 4.79 Å². The van der Waals surface area contributed by atoms with Gasteiger partial charge >= 0.3 is 0 Å². The minimum atomic E-state index is -0.257. The number of amides is 1. The van der Waals surface area contributed by atoms with Crippen molar-refractivity contribution < 1.29 is 4.79 Å². The Kier molecular flexibility index (Phi) is 6.46. The van der Waals surface area contributed by atoms with E-state index in [4.69, 9.17) is 0 Å². The van der Waals surface area contributed by atoms with Crippen LogP contribution in [0.2, 0.25) is 0 Å². The first kappa shape index (κ1) is 20.2. The van der Waals surface area contributed by atoms with Crippen LogP contribution in [-0.4, -0.2) is 61.5 Å². The molecule has 1 atom stereocenters. The van der Waals surface area contributed by atoms with Crippen molar-refractivity contribution in [3.05, 3.63) is 30.3 Å². The van der Waals surface area contributed by atoms with E-state index in [1.807, 2.05) is 20.8 Å². The molecule has 150 valence electrons. The van der Waals surface area contributed by atoms with E-state index in [0.29, 0.717) is 17.9 Å². The number of likely N-dealkylation sites (tertiary alicyclic amines) is 1. The number of para-hydroxylation sites is 1. The molecule has 4 nitrogen and oxygen atoms in total. The number of hydrogen-bond donors (Lipinski definition) is 0. The lowest BCUT2D eigenvalue weighted by Crippen LogP contribution is -2.49. The maximum Gasteiger partial charge on any atom is 0.227 e. The molecule has 2 heterocycles. The molecule has 2 saturated heterocycles. The van der Waals surface area contributed by atoms with Gasteiger partial charge in [0.2, 0.25) is 5.91 Å². The van der Waals surface area contributed by atoms with Gasteiger partial charge < -0.3 is 14.7 Å². The summed E-state index contributed by atoms with van der Waals surface area (Å²) < 4.78 is 0. The van der Waals surface area contributed by atoms with Gasteiger partial charge in [-0.2, -0.15) is 0 Å². The molecule has 0 aromatic heterocycles. The van der Waals surface area contributed by atoms with Gasteiger partial charge in [-0.1, -0.05) is 39.0 Å². The Bertz CT molecular complexity index is 602. The van der Waals surface area contributed by atoms with Crippen LogP contribution in [0.3, 0.4) is 0 Å². The summed E-state index contributed by atoms with van der Waals surface area (Å²) in [5.41, 5.74) is 1.09. The summed E-state index contributed by atoms with van der Waals surface area (Å²) in [6.45, 7) is 11.4. The van der Waals surface area contributed by atoms with Crippen LogP contribution in [0.1, 0.15) is 46.5 Å². The number of hydrogen-bond acceptors (Lipinski definition) is 3. The van der Waals surface area contributed by atoms with Crippen molar-refractivity contribution in [1.29, 1.82) is 0 Å². The zero-order valence-corrected chi connectivity index (χ0v) is 17.7. The Morgan fingerprint density at radius 1 is 1.07 bits per heavy atom. The van der Waals surface area contributed by atoms with E-state index in [-0.39, 0.29) is 5.41 Å². The number of anilines is 1. The van der Waals surface area contributed by atoms with Gasteiger partial charge in [0, 0.05) is 49.9 Å². The zero-order valence-electron chi connectivity index (χ0n) is 17.7. The Morgan fingerprint density at radius 3 is 2.37 bits per heavy atom. The Balaban J connectivity index is 1.48. The standard InChI is InChI=1S/C23H37N3O/c1-23(2,3)22(27)25-15-12-19(13-16-25)17-24(4)21-11-8-14-26(18-21)20-9-6-5-7-10-20/h5-7,9-10,19,21H,8,11-18H2,1-4H3/t21-/m0/s1. The highest BCUT2D eigenvalue weighted by Crippen LogP contribution is 2.26. The Labute approximate surface area is 165 Å². The summed E-state index contributed by atoms with van der Waals surface area (Å²) in [5, 5.41) is 0. The molecule has 0 N–H and O–H groups in total. The maximum atomic E-state index is 12.5. The highest BCUT2D eigenvalue weighted by molar-refractivity contribution is 5.81. The SMILES string of the molecule is CN(CC1CCN(C(=O)C(C)(C)C)CC1)[C@H]1CCCN(c2ccccc2)C1. The van der Waals surface area contributed by atoms with Crippen molar-refractivity contribution in [3.8, 4) is 0 Å². The fourth-order valence-electron chi connectivity index (χ4n) is 4.54. The molecule has 0 unspecified atom stereocenters. The quantitative estimate of drug-likeness (QED) is 0.804. The van der Waals surface area contributed by atoms with E-state index < -0.39 is 0 Å². The van der Waals surface area contributed by atoms with Gasteiger partial charge in [0.15, 0.2) is 0 Å². The molecule has 2 aliphatic rings. The summed E-state index contributed by atoms with van der Waals surface area (Å²) in [4.78, 5) is 19.7. The van der Waals surface area contributed by atoms with Crippen LogP contribution < -0.4 is 4.90 Å². The van der Waals surface area contributed by atoms with Crippen molar-refractivity contribution >= 4 is 11.6 Å². The van der Waals surface area contributed by atoms with Gasteiger partial charge in [0.25, 0.3) is 0 Å². The lowest BCUT2D eigenvalue weighted by molar-refractivity contribution is -0.141. The highest BCUT2D eigenvalue weighted by atomic mass is 16.2. The van der Waals surface area contributed by atoms with Crippen molar-refractivity contribution in [2.45, 2.75) is 52.5 Å². The molecule has 1 aromatic carbocycles. The predicted octanol–water partition coefficient (Wildman–Crippen LogP) is 3.87. The predicted molar refractivity (Wildman–Crippen MR) is 113 cm³/mol. The third-order valence-electron chi connectivity index (χ3n) is 6.23. The molecular formula is C23H37N3O. The number of carbonyl (C=O) groups is 1. The molecule has 4 heteroatoms. The van der Waals surface area contributed by atoms with Gasteiger partial charge in [-0.3, -0.25) is 4.79 Å². The van der Waals surface area contributed by atoms with Gasteiger partial charge in [-0.05, 0) is 50.8 Å². The van der Waals surface area contributed by atoms with Crippen molar-refractivity contribution in [2.24, 2.45) is 11.3 Å². The number of piperidine rings is 2. The largest absolute Gasteiger partial charge is 0.370 e. The van der Waals surface area contributed by atoms with E-state index in [0.717, 1.165) is 39.0 Å². The molecule has 3 rings (SSSR count). The first-order valence-electron chi connectivity index (χ1n) is 10.6. The lowest BCUT2D eigenvalue weighted by atomic mass is 9.90. The molecule has 0 bridgehead atoms. The fraction of sp³-hybridized carbons (Fsp3) is 0.696. The molecule has 0 spiro atoms. The average Bonchev–Trinajstić information content (AvgIpc) is 2.68. The number of carbonyl (C=O) groups excluding carboxylic acids is 1. The van der Waals surface area contributed by atoms with Crippen LogP contribution in [0.4, 0.5) is 5.69 Å². The molecular weight excluding hydrogens is 334 g/mol. The number of likely N-dealkylation sites (N-methyl/N-ethyl adjacent to an activating group) is 1. The third kappa shape index (κ3) is 5.25. The van der Waals surface area contributed by atoms with Crippen LogP contribution in [0.25, 0.3) is 0 Å². The van der Waals surface area contributed by atoms with Crippen LogP contribution in [0.5, 0.6) is 0 Å². The smallest absolute Gasteiger partial charge is 0.227 e. The topological polar surface area (TPSA) is 26.8 Å². The molecule has 2 fully saturated rings. The summed E-state index contributed by atoms with van der Waals surface area (Å²) in [7, 11) is 2.30. The summed E-state index contributed by atoms with van der Waals surface area (Å²) in [6.07, 6.45) is 4.84. The van der Waals surface area contributed by atoms with Crippen molar-refractivity contribution in [1.82, 2.24) is 9.80 Å². The van der Waals surface area contributed by atoms with Crippen molar-refractivity contribution in [3.63, 3.8) is 0 Å². The minimum absolute atomic E-state index is 0.257. The third-order valence-corrected chi connectivity index (χ3v) is 6.23.